The third-order valence-corrected chi connectivity index (χ3v) is 6.65. The van der Waals surface area contributed by atoms with Crippen LogP contribution < -0.4 is 20.9 Å². The lowest BCUT2D eigenvalue weighted by molar-refractivity contribution is -0.122. The molecule has 1 aromatic heterocycles. The zero-order chi connectivity index (χ0) is 26.2. The van der Waals surface area contributed by atoms with E-state index in [4.69, 9.17) is 4.74 Å². The molecular weight excluding hydrogens is 475 g/mol. The van der Waals surface area contributed by atoms with Gasteiger partial charge in [0.2, 0.25) is 17.8 Å². The maximum Gasteiger partial charge on any atom is 0.237 e. The van der Waals surface area contributed by atoms with Gasteiger partial charge in [-0.2, -0.15) is 4.98 Å². The number of carbonyl (C=O) groups excluding carboxylic acids is 2. The lowest BCUT2D eigenvalue weighted by atomic mass is 9.86. The van der Waals surface area contributed by atoms with Crippen LogP contribution in [0.1, 0.15) is 32.3 Å². The first kappa shape index (κ1) is 24.6. The Morgan fingerprint density at radius 2 is 1.92 bits per heavy atom. The van der Waals surface area contributed by atoms with E-state index in [9.17, 15) is 14.0 Å². The van der Waals surface area contributed by atoms with Gasteiger partial charge in [-0.25, -0.2) is 9.37 Å². The number of aromatic nitrogens is 2. The Balaban J connectivity index is 1.38. The Bertz CT molecular complexity index is 1360. The number of carbonyl (C=O) groups is 2. The molecule has 1 fully saturated rings. The largest absolute Gasteiger partial charge is 0.383 e. The van der Waals surface area contributed by atoms with E-state index >= 15 is 0 Å². The minimum Gasteiger partial charge on any atom is -0.383 e. The molecule has 3 aromatic rings. The van der Waals surface area contributed by atoms with Crippen LogP contribution in [0.5, 0.6) is 0 Å². The molecule has 10 heteroatoms. The van der Waals surface area contributed by atoms with Gasteiger partial charge in [-0.1, -0.05) is 18.2 Å². The molecule has 3 N–H and O–H groups in total. The molecule has 1 aliphatic heterocycles. The van der Waals surface area contributed by atoms with Crippen molar-refractivity contribution in [1.82, 2.24) is 9.97 Å². The Morgan fingerprint density at radius 3 is 2.65 bits per heavy atom. The second-order valence-electron chi connectivity index (χ2n) is 9.76. The maximum absolute atomic E-state index is 14.6. The van der Waals surface area contributed by atoms with Crippen LogP contribution in [0, 0.1) is 11.7 Å². The predicted octanol–water partition coefficient (Wildman–Crippen LogP) is 4.72. The van der Waals surface area contributed by atoms with Crippen molar-refractivity contribution in [3.63, 3.8) is 0 Å². The first-order chi connectivity index (χ1) is 17.8. The zero-order valence-corrected chi connectivity index (χ0v) is 21.0. The number of anilines is 6. The van der Waals surface area contributed by atoms with Gasteiger partial charge in [-0.3, -0.25) is 9.59 Å². The molecule has 37 heavy (non-hydrogen) atoms. The van der Waals surface area contributed by atoms with Crippen LogP contribution in [-0.2, 0) is 19.7 Å². The average Bonchev–Trinajstić information content (AvgIpc) is 3.71. The van der Waals surface area contributed by atoms with Crippen LogP contribution in [0.4, 0.5) is 38.9 Å². The summed E-state index contributed by atoms with van der Waals surface area (Å²) < 4.78 is 19.8. The first-order valence-corrected chi connectivity index (χ1v) is 12.2. The monoisotopic (exact) mass is 504 g/mol. The van der Waals surface area contributed by atoms with Crippen LogP contribution in [0.2, 0.25) is 0 Å². The van der Waals surface area contributed by atoms with Gasteiger partial charge in [0.15, 0.2) is 11.6 Å². The van der Waals surface area contributed by atoms with E-state index in [0.717, 1.165) is 30.3 Å². The molecule has 2 aromatic carbocycles. The molecule has 5 rings (SSSR count). The Hall–Kier alpha value is -4.05. The smallest absolute Gasteiger partial charge is 0.237 e. The van der Waals surface area contributed by atoms with Gasteiger partial charge in [0, 0.05) is 25.3 Å². The number of amides is 2. The summed E-state index contributed by atoms with van der Waals surface area (Å²) in [6, 6.07) is 12.7. The molecule has 9 nitrogen and oxygen atoms in total. The number of halogens is 1. The van der Waals surface area contributed by atoms with E-state index in [-0.39, 0.29) is 29.5 Å². The molecule has 192 valence electrons. The highest BCUT2D eigenvalue weighted by molar-refractivity contribution is 6.08. The number of methoxy groups -OCH3 is 1. The van der Waals surface area contributed by atoms with Crippen molar-refractivity contribution in [2.75, 3.05) is 41.1 Å². The molecule has 0 bridgehead atoms. The molecule has 0 unspecified atom stereocenters. The van der Waals surface area contributed by atoms with Gasteiger partial charge in [-0.05, 0) is 56.5 Å². The van der Waals surface area contributed by atoms with Crippen LogP contribution >= 0.6 is 0 Å². The molecule has 0 radical (unpaired) electrons. The molecule has 2 amide bonds. The fourth-order valence-electron chi connectivity index (χ4n) is 4.38. The van der Waals surface area contributed by atoms with E-state index in [0.29, 0.717) is 30.2 Å². The second kappa shape index (κ2) is 9.78. The minimum absolute atomic E-state index is 0.00802. The molecule has 2 heterocycles. The van der Waals surface area contributed by atoms with Crippen LogP contribution in [0.15, 0.2) is 48.7 Å². The van der Waals surface area contributed by atoms with Gasteiger partial charge >= 0.3 is 0 Å². The van der Waals surface area contributed by atoms with Crippen molar-refractivity contribution in [2.45, 2.75) is 32.1 Å². The standard InChI is InChI=1S/C27H29FN6O3/c1-27(2)18-11-10-17(14-22(18)34(25(27)36)12-13-37-3)30-26-29-15-19(28)23(33-26)31-20-6-4-5-7-21(20)32-24(35)16-8-9-16/h4-7,10-11,14-16H,8-9,12-13H2,1-3H3,(H,32,35)(H2,29,30,31,33). The van der Waals surface area contributed by atoms with Crippen LogP contribution in [0.3, 0.4) is 0 Å². The summed E-state index contributed by atoms with van der Waals surface area (Å²) in [7, 11) is 1.60. The number of ether oxygens (including phenoxy) is 1. The Morgan fingerprint density at radius 1 is 1.16 bits per heavy atom. The summed E-state index contributed by atoms with van der Waals surface area (Å²) in [5.41, 5.74) is 2.79. The summed E-state index contributed by atoms with van der Waals surface area (Å²) in [5.74, 6) is -0.495. The van der Waals surface area contributed by atoms with Gasteiger partial charge in [0.25, 0.3) is 0 Å². The highest BCUT2D eigenvalue weighted by Crippen LogP contribution is 2.43. The summed E-state index contributed by atoms with van der Waals surface area (Å²) in [4.78, 5) is 35.4. The second-order valence-corrected chi connectivity index (χ2v) is 9.76. The number of para-hydroxylation sites is 2. The van der Waals surface area contributed by atoms with E-state index in [1.165, 1.54) is 0 Å². The summed E-state index contributed by atoms with van der Waals surface area (Å²) in [6.07, 6.45) is 2.85. The molecule has 0 saturated heterocycles. The molecular formula is C27H29FN6O3. The van der Waals surface area contributed by atoms with Gasteiger partial charge < -0.3 is 25.6 Å². The fraction of sp³-hybridized carbons (Fsp3) is 0.333. The van der Waals surface area contributed by atoms with Crippen molar-refractivity contribution in [3.05, 3.63) is 60.0 Å². The van der Waals surface area contributed by atoms with Crippen molar-refractivity contribution < 1.29 is 18.7 Å². The summed E-state index contributed by atoms with van der Waals surface area (Å²) >= 11 is 0. The van der Waals surface area contributed by atoms with Gasteiger partial charge in [0.1, 0.15) is 0 Å². The first-order valence-electron chi connectivity index (χ1n) is 12.2. The lowest BCUT2D eigenvalue weighted by Crippen LogP contribution is -2.37. The van der Waals surface area contributed by atoms with Crippen molar-refractivity contribution in [1.29, 1.82) is 0 Å². The number of nitrogens with one attached hydrogen (secondary N) is 3. The molecule has 1 saturated carbocycles. The normalized spacial score (nSPS) is 15.9. The molecule has 0 spiro atoms. The van der Waals surface area contributed by atoms with Gasteiger partial charge in [-0.15, -0.1) is 0 Å². The van der Waals surface area contributed by atoms with E-state index in [1.807, 2.05) is 32.0 Å². The number of rotatable bonds is 9. The summed E-state index contributed by atoms with van der Waals surface area (Å²) in [6.45, 7) is 4.66. The minimum atomic E-state index is -0.645. The lowest BCUT2D eigenvalue weighted by Gasteiger charge is -2.20. The third-order valence-electron chi connectivity index (χ3n) is 6.65. The number of hydrogen-bond donors (Lipinski definition) is 3. The summed E-state index contributed by atoms with van der Waals surface area (Å²) in [5, 5.41) is 8.98. The Labute approximate surface area is 214 Å². The van der Waals surface area contributed by atoms with Crippen LogP contribution in [0.25, 0.3) is 0 Å². The van der Waals surface area contributed by atoms with E-state index in [2.05, 4.69) is 25.9 Å². The van der Waals surface area contributed by atoms with Crippen molar-refractivity contribution >= 4 is 46.3 Å². The SMILES string of the molecule is COCCN1C(=O)C(C)(C)c2ccc(Nc3ncc(F)c(Nc4ccccc4NC(=O)C4CC4)n3)cc21. The highest BCUT2D eigenvalue weighted by Gasteiger charge is 2.43. The number of benzene rings is 2. The molecule has 1 aliphatic carbocycles. The quantitative estimate of drug-likeness (QED) is 0.387. The molecule has 2 aliphatic rings. The number of nitrogens with zero attached hydrogens (tertiary/aromatic N) is 3. The number of hydrogen-bond acceptors (Lipinski definition) is 7. The van der Waals surface area contributed by atoms with Crippen molar-refractivity contribution in [2.24, 2.45) is 5.92 Å². The zero-order valence-electron chi connectivity index (χ0n) is 21.0. The topological polar surface area (TPSA) is 108 Å². The third kappa shape index (κ3) is 4.97. The highest BCUT2D eigenvalue weighted by atomic mass is 19.1. The fourth-order valence-corrected chi connectivity index (χ4v) is 4.38. The maximum atomic E-state index is 14.6. The van der Waals surface area contributed by atoms with Crippen LogP contribution in [-0.4, -0.2) is 42.0 Å². The average molecular weight is 505 g/mol. The number of fused-ring (bicyclic) bond motifs is 1. The van der Waals surface area contributed by atoms with Crippen molar-refractivity contribution in [3.8, 4) is 0 Å². The van der Waals surface area contributed by atoms with E-state index < -0.39 is 11.2 Å². The molecule has 0 atom stereocenters. The van der Waals surface area contributed by atoms with Gasteiger partial charge in [0.05, 0.1) is 35.3 Å². The Kier molecular flexibility index (Phi) is 6.51. The predicted molar refractivity (Wildman–Crippen MR) is 140 cm³/mol. The van der Waals surface area contributed by atoms with E-state index in [1.54, 1.807) is 36.3 Å².